The van der Waals surface area contributed by atoms with Crippen molar-refractivity contribution in [3.8, 4) is 5.75 Å². The summed E-state index contributed by atoms with van der Waals surface area (Å²) < 4.78 is 14.5. The Kier molecular flexibility index (Phi) is 3.11. The average molecular weight is 257 g/mol. The number of aromatic hydroxyl groups is 1. The fourth-order valence-corrected chi connectivity index (χ4v) is 2.63. The summed E-state index contributed by atoms with van der Waals surface area (Å²) in [5.41, 5.74) is 3.67. The van der Waals surface area contributed by atoms with Crippen molar-refractivity contribution < 1.29 is 9.50 Å². The number of nitrogens with one attached hydrogen (secondary N) is 1. The Morgan fingerprint density at radius 3 is 2.89 bits per heavy atom. The van der Waals surface area contributed by atoms with Crippen molar-refractivity contribution in [1.82, 2.24) is 0 Å². The van der Waals surface area contributed by atoms with Crippen molar-refractivity contribution in [3.05, 3.63) is 59.2 Å². The summed E-state index contributed by atoms with van der Waals surface area (Å²) in [5.74, 6) is 0.182. The highest BCUT2D eigenvalue weighted by atomic mass is 19.1. The Bertz CT molecular complexity index is 597. The fraction of sp³-hybridized carbons (Fsp3) is 0.250. The third-order valence-electron chi connectivity index (χ3n) is 3.54. The van der Waals surface area contributed by atoms with Crippen LogP contribution in [0.25, 0.3) is 0 Å². The second kappa shape index (κ2) is 4.92. The standard InChI is InChI=1S/C16H16FNO/c17-15(10-11-3-1-5-13(19)9-11)14-6-2-4-12-7-8-18-16(12)14/h1-6,9,15,18-19H,7-8,10H2. The minimum absolute atomic E-state index is 0.182. The number of anilines is 1. The molecule has 0 saturated heterocycles. The molecule has 19 heavy (non-hydrogen) atoms. The average Bonchev–Trinajstić information content (AvgIpc) is 2.86. The molecule has 0 bridgehead atoms. The highest BCUT2D eigenvalue weighted by molar-refractivity contribution is 5.62. The van der Waals surface area contributed by atoms with E-state index in [1.165, 1.54) is 5.56 Å². The van der Waals surface area contributed by atoms with Crippen molar-refractivity contribution in [2.45, 2.75) is 19.0 Å². The number of benzene rings is 2. The van der Waals surface area contributed by atoms with Crippen LogP contribution in [0.2, 0.25) is 0 Å². The van der Waals surface area contributed by atoms with Crippen molar-refractivity contribution in [3.63, 3.8) is 0 Å². The number of alkyl halides is 1. The minimum atomic E-state index is -1.05. The van der Waals surface area contributed by atoms with Crippen molar-refractivity contribution in [1.29, 1.82) is 0 Å². The number of halogens is 1. The number of hydrogen-bond acceptors (Lipinski definition) is 2. The summed E-state index contributed by atoms with van der Waals surface area (Å²) in [6.45, 7) is 0.880. The van der Waals surface area contributed by atoms with Gasteiger partial charge in [0.25, 0.3) is 0 Å². The van der Waals surface area contributed by atoms with Crippen LogP contribution in [0.3, 0.4) is 0 Å². The third-order valence-corrected chi connectivity index (χ3v) is 3.54. The predicted molar refractivity (Wildman–Crippen MR) is 74.3 cm³/mol. The van der Waals surface area contributed by atoms with E-state index in [0.717, 1.165) is 29.8 Å². The Balaban J connectivity index is 1.85. The van der Waals surface area contributed by atoms with Gasteiger partial charge >= 0.3 is 0 Å². The second-order valence-electron chi connectivity index (χ2n) is 4.90. The molecular formula is C16H16FNO. The third kappa shape index (κ3) is 2.41. The molecule has 2 aromatic carbocycles. The molecule has 0 saturated carbocycles. The van der Waals surface area contributed by atoms with Crippen LogP contribution in [0.15, 0.2) is 42.5 Å². The van der Waals surface area contributed by atoms with Crippen molar-refractivity contribution in [2.75, 3.05) is 11.9 Å². The molecule has 0 spiro atoms. The first-order valence-electron chi connectivity index (χ1n) is 6.51. The summed E-state index contributed by atoms with van der Waals surface area (Å²) in [4.78, 5) is 0. The molecule has 98 valence electrons. The van der Waals surface area contributed by atoms with E-state index in [-0.39, 0.29) is 12.2 Å². The molecule has 0 amide bonds. The Morgan fingerprint density at radius 1 is 1.21 bits per heavy atom. The number of fused-ring (bicyclic) bond motifs is 1. The Labute approximate surface area is 111 Å². The number of phenolic OH excluding ortho intramolecular Hbond substituents is 1. The lowest BCUT2D eigenvalue weighted by atomic mass is 9.99. The van der Waals surface area contributed by atoms with Gasteiger partial charge in [0.2, 0.25) is 0 Å². The van der Waals surface area contributed by atoms with E-state index in [1.807, 2.05) is 24.3 Å². The van der Waals surface area contributed by atoms with Gasteiger partial charge in [0, 0.05) is 24.2 Å². The van der Waals surface area contributed by atoms with Crippen LogP contribution < -0.4 is 5.32 Å². The van der Waals surface area contributed by atoms with E-state index in [4.69, 9.17) is 0 Å². The van der Waals surface area contributed by atoms with Gasteiger partial charge in [0.1, 0.15) is 11.9 Å². The molecule has 0 fully saturated rings. The number of rotatable bonds is 3. The molecule has 2 aromatic rings. The van der Waals surface area contributed by atoms with Gasteiger partial charge < -0.3 is 10.4 Å². The smallest absolute Gasteiger partial charge is 0.131 e. The summed E-state index contributed by atoms with van der Waals surface area (Å²) >= 11 is 0. The van der Waals surface area contributed by atoms with Gasteiger partial charge in [-0.25, -0.2) is 4.39 Å². The van der Waals surface area contributed by atoms with Gasteiger partial charge in [-0.2, -0.15) is 0 Å². The van der Waals surface area contributed by atoms with Crippen LogP contribution >= 0.6 is 0 Å². The highest BCUT2D eigenvalue weighted by Gasteiger charge is 2.20. The van der Waals surface area contributed by atoms with Gasteiger partial charge in [0.05, 0.1) is 0 Å². The first-order chi connectivity index (χ1) is 9.24. The van der Waals surface area contributed by atoms with Crippen molar-refractivity contribution in [2.24, 2.45) is 0 Å². The van der Waals surface area contributed by atoms with Gasteiger partial charge in [-0.3, -0.25) is 0 Å². The van der Waals surface area contributed by atoms with Gasteiger partial charge in [-0.05, 0) is 29.7 Å². The van der Waals surface area contributed by atoms with Crippen LogP contribution in [0.1, 0.15) is 22.9 Å². The monoisotopic (exact) mass is 257 g/mol. The van der Waals surface area contributed by atoms with Crippen LogP contribution in [0, 0.1) is 0 Å². The SMILES string of the molecule is Oc1cccc(CC(F)c2cccc3c2NCC3)c1. The molecule has 1 atom stereocenters. The highest BCUT2D eigenvalue weighted by Crippen LogP contribution is 2.34. The molecule has 1 aliphatic heterocycles. The summed E-state index contributed by atoms with van der Waals surface area (Å²) in [5, 5.41) is 12.7. The molecule has 0 aromatic heterocycles. The van der Waals surface area contributed by atoms with E-state index < -0.39 is 6.17 Å². The quantitative estimate of drug-likeness (QED) is 0.880. The zero-order valence-corrected chi connectivity index (χ0v) is 10.6. The Hall–Kier alpha value is -2.03. The normalized spacial score (nSPS) is 14.8. The fourth-order valence-electron chi connectivity index (χ4n) is 2.63. The zero-order valence-electron chi connectivity index (χ0n) is 10.6. The summed E-state index contributed by atoms with van der Waals surface area (Å²) in [7, 11) is 0. The van der Waals surface area contributed by atoms with Crippen molar-refractivity contribution >= 4 is 5.69 Å². The second-order valence-corrected chi connectivity index (χ2v) is 4.90. The van der Waals surface area contributed by atoms with Crippen LogP contribution in [0.4, 0.5) is 10.1 Å². The largest absolute Gasteiger partial charge is 0.508 e. The summed E-state index contributed by atoms with van der Waals surface area (Å²) in [6, 6.07) is 12.6. The number of para-hydroxylation sites is 1. The molecule has 1 heterocycles. The Morgan fingerprint density at radius 2 is 2.05 bits per heavy atom. The zero-order chi connectivity index (χ0) is 13.2. The van der Waals surface area contributed by atoms with Gasteiger partial charge in [-0.1, -0.05) is 30.3 Å². The molecule has 3 rings (SSSR count). The molecule has 2 N–H and O–H groups in total. The van der Waals surface area contributed by atoms with Gasteiger partial charge in [-0.15, -0.1) is 0 Å². The van der Waals surface area contributed by atoms with E-state index in [0.29, 0.717) is 0 Å². The lowest BCUT2D eigenvalue weighted by molar-refractivity contribution is 0.343. The molecular weight excluding hydrogens is 241 g/mol. The van der Waals surface area contributed by atoms with Gasteiger partial charge in [0.15, 0.2) is 0 Å². The topological polar surface area (TPSA) is 32.3 Å². The van der Waals surface area contributed by atoms with E-state index in [9.17, 15) is 9.50 Å². The number of hydrogen-bond donors (Lipinski definition) is 2. The van der Waals surface area contributed by atoms with E-state index in [1.54, 1.807) is 18.2 Å². The van der Waals surface area contributed by atoms with Crippen LogP contribution in [0.5, 0.6) is 5.75 Å². The first kappa shape index (κ1) is 12.0. The maximum atomic E-state index is 14.5. The molecule has 2 nitrogen and oxygen atoms in total. The van der Waals surface area contributed by atoms with Crippen LogP contribution in [-0.4, -0.2) is 11.7 Å². The number of phenols is 1. The summed E-state index contributed by atoms with van der Waals surface area (Å²) in [6.07, 6.45) is 0.191. The molecule has 3 heteroatoms. The maximum absolute atomic E-state index is 14.5. The molecule has 0 aliphatic carbocycles. The minimum Gasteiger partial charge on any atom is -0.508 e. The molecule has 1 unspecified atom stereocenters. The maximum Gasteiger partial charge on any atom is 0.131 e. The first-order valence-corrected chi connectivity index (χ1v) is 6.51. The lowest BCUT2D eigenvalue weighted by Gasteiger charge is -2.13. The van der Waals surface area contributed by atoms with E-state index in [2.05, 4.69) is 5.32 Å². The lowest BCUT2D eigenvalue weighted by Crippen LogP contribution is -2.01. The molecule has 0 radical (unpaired) electrons. The predicted octanol–water partition coefficient (Wildman–Crippen LogP) is 3.61. The molecule has 1 aliphatic rings. The van der Waals surface area contributed by atoms with Crippen LogP contribution in [-0.2, 0) is 12.8 Å². The van der Waals surface area contributed by atoms with E-state index >= 15 is 0 Å².